The molecule has 4 saturated heterocycles. The Hall–Kier alpha value is -2.52. The topological polar surface area (TPSA) is 74.7 Å². The fraction of sp³-hybridized carbons (Fsp3) is 0.630. The summed E-state index contributed by atoms with van der Waals surface area (Å²) in [6.45, 7) is 9.07. The first-order valence-electron chi connectivity index (χ1n) is 13.4. The molecular weight excluding hydrogens is 495 g/mol. The summed E-state index contributed by atoms with van der Waals surface area (Å²) in [6.07, 6.45) is 11.9. The number of amides is 1. The van der Waals surface area contributed by atoms with E-state index in [1.54, 1.807) is 6.20 Å². The highest BCUT2D eigenvalue weighted by Crippen LogP contribution is 2.41. The SMILES string of the molecule is CC(C)(C)OC(=O)N1[C@@H]2CC[C@H]1CN(c1nc(/C=C/C34CCCN3CCC4)nc3c(F)c(Cl)ncc13)C2. The van der Waals surface area contributed by atoms with Crippen molar-refractivity contribution in [2.45, 2.75) is 82.5 Å². The van der Waals surface area contributed by atoms with Crippen LogP contribution < -0.4 is 4.90 Å². The van der Waals surface area contributed by atoms with Gasteiger partial charge < -0.3 is 9.64 Å². The summed E-state index contributed by atoms with van der Waals surface area (Å²) in [5.41, 5.74) is -0.308. The van der Waals surface area contributed by atoms with Crippen molar-refractivity contribution < 1.29 is 13.9 Å². The summed E-state index contributed by atoms with van der Waals surface area (Å²) in [5.74, 6) is 0.480. The largest absolute Gasteiger partial charge is 0.444 e. The molecule has 37 heavy (non-hydrogen) atoms. The lowest BCUT2D eigenvalue weighted by atomic mass is 9.93. The van der Waals surface area contributed by atoms with Gasteiger partial charge in [0.15, 0.2) is 16.8 Å². The summed E-state index contributed by atoms with van der Waals surface area (Å²) in [5, 5.41) is 0.337. The smallest absolute Gasteiger partial charge is 0.410 e. The fourth-order valence-corrected chi connectivity index (χ4v) is 6.83. The van der Waals surface area contributed by atoms with Crippen LogP contribution in [-0.4, -0.2) is 80.2 Å². The van der Waals surface area contributed by atoms with Crippen LogP contribution in [0.2, 0.25) is 5.15 Å². The van der Waals surface area contributed by atoms with Gasteiger partial charge in [0, 0.05) is 24.8 Å². The van der Waals surface area contributed by atoms with Gasteiger partial charge in [-0.1, -0.05) is 17.7 Å². The second kappa shape index (κ2) is 9.05. The van der Waals surface area contributed by atoms with E-state index in [4.69, 9.17) is 21.3 Å². The van der Waals surface area contributed by atoms with E-state index in [0.29, 0.717) is 30.1 Å². The molecule has 0 N–H and O–H groups in total. The number of carbonyl (C=O) groups excluding carboxylic acids is 1. The molecule has 0 aromatic carbocycles. The van der Waals surface area contributed by atoms with Crippen molar-refractivity contribution in [1.29, 1.82) is 0 Å². The monoisotopic (exact) mass is 528 g/mol. The molecule has 198 valence electrons. The zero-order valence-corrected chi connectivity index (χ0v) is 22.5. The van der Waals surface area contributed by atoms with Gasteiger partial charge in [-0.05, 0) is 78.5 Å². The number of anilines is 1. The number of pyridine rings is 1. The highest BCUT2D eigenvalue weighted by atomic mass is 35.5. The van der Waals surface area contributed by atoms with E-state index in [2.05, 4.69) is 25.8 Å². The van der Waals surface area contributed by atoms with Gasteiger partial charge in [0.1, 0.15) is 16.9 Å². The van der Waals surface area contributed by atoms with E-state index in [9.17, 15) is 4.79 Å². The van der Waals surface area contributed by atoms with E-state index in [1.165, 1.54) is 12.8 Å². The predicted molar refractivity (Wildman–Crippen MR) is 141 cm³/mol. The average Bonchev–Trinajstić information content (AvgIpc) is 3.49. The Balaban J connectivity index is 1.34. The summed E-state index contributed by atoms with van der Waals surface area (Å²) < 4.78 is 20.9. The Bertz CT molecular complexity index is 1240. The summed E-state index contributed by atoms with van der Waals surface area (Å²) in [7, 11) is 0. The molecule has 2 bridgehead atoms. The molecule has 0 unspecified atom stereocenters. The fourth-order valence-electron chi connectivity index (χ4n) is 6.69. The van der Waals surface area contributed by atoms with Crippen molar-refractivity contribution >= 4 is 40.5 Å². The molecule has 1 amide bonds. The highest BCUT2D eigenvalue weighted by molar-refractivity contribution is 6.30. The van der Waals surface area contributed by atoms with Gasteiger partial charge in [-0.25, -0.2) is 24.1 Å². The van der Waals surface area contributed by atoms with Gasteiger partial charge in [-0.15, -0.1) is 0 Å². The molecular formula is C27H34ClFN6O2. The summed E-state index contributed by atoms with van der Waals surface area (Å²) >= 11 is 6.05. The number of halogens is 2. The zero-order chi connectivity index (χ0) is 25.9. The average molecular weight is 529 g/mol. The van der Waals surface area contributed by atoms with Crippen LogP contribution >= 0.6 is 11.6 Å². The first-order chi connectivity index (χ1) is 17.6. The van der Waals surface area contributed by atoms with Crippen LogP contribution in [0.25, 0.3) is 17.0 Å². The number of ether oxygens (including phenoxy) is 1. The Labute approximate surface area is 221 Å². The third kappa shape index (κ3) is 4.44. The molecule has 4 aliphatic heterocycles. The number of hydrogen-bond donors (Lipinski definition) is 0. The van der Waals surface area contributed by atoms with Crippen molar-refractivity contribution in [3.05, 3.63) is 29.1 Å². The lowest BCUT2D eigenvalue weighted by molar-refractivity contribution is 0.0123. The number of piperazine rings is 1. The number of nitrogens with zero attached hydrogens (tertiary/aromatic N) is 6. The molecule has 4 aliphatic rings. The minimum absolute atomic E-state index is 0.00661. The van der Waals surface area contributed by atoms with E-state index >= 15 is 4.39 Å². The molecule has 6 heterocycles. The molecule has 8 nitrogen and oxygen atoms in total. The Morgan fingerprint density at radius 1 is 1.16 bits per heavy atom. The third-order valence-electron chi connectivity index (χ3n) is 8.27. The van der Waals surface area contributed by atoms with Crippen molar-refractivity contribution in [2.75, 3.05) is 31.1 Å². The second-order valence-corrected chi connectivity index (χ2v) is 12.2. The molecule has 4 fully saturated rings. The minimum Gasteiger partial charge on any atom is -0.444 e. The van der Waals surface area contributed by atoms with Crippen LogP contribution in [0.15, 0.2) is 12.3 Å². The number of carbonyl (C=O) groups is 1. The molecule has 2 atom stereocenters. The number of aromatic nitrogens is 3. The first kappa shape index (κ1) is 24.8. The van der Waals surface area contributed by atoms with Crippen molar-refractivity contribution in [2.24, 2.45) is 0 Å². The standard InChI is InChI=1S/C27H34ClFN6O2/c1-26(2,3)37-25(36)35-17-6-7-18(35)16-33(15-17)24-19-14-30-23(28)21(29)22(19)31-20(32-24)8-11-27-9-4-12-34(27)13-5-10-27/h8,11,14,17-18H,4-7,9-10,12-13,15-16H2,1-3H3/b11-8+/t17-,18+. The van der Waals surface area contributed by atoms with Gasteiger partial charge in [-0.3, -0.25) is 9.80 Å². The Morgan fingerprint density at radius 2 is 1.84 bits per heavy atom. The van der Waals surface area contributed by atoms with Crippen LogP contribution in [0.1, 0.15) is 65.1 Å². The third-order valence-corrected chi connectivity index (χ3v) is 8.54. The van der Waals surface area contributed by atoms with Gasteiger partial charge in [0.05, 0.1) is 17.5 Å². The molecule has 0 radical (unpaired) electrons. The Kier molecular flexibility index (Phi) is 6.06. The summed E-state index contributed by atoms with van der Waals surface area (Å²) in [6, 6.07) is 0.0132. The minimum atomic E-state index is -0.630. The van der Waals surface area contributed by atoms with Gasteiger partial charge in [0.2, 0.25) is 0 Å². The van der Waals surface area contributed by atoms with Crippen LogP contribution in [0.3, 0.4) is 0 Å². The maximum Gasteiger partial charge on any atom is 0.410 e. The Morgan fingerprint density at radius 3 is 2.49 bits per heavy atom. The zero-order valence-electron chi connectivity index (χ0n) is 21.7. The van der Waals surface area contributed by atoms with Crippen molar-refractivity contribution in [1.82, 2.24) is 24.8 Å². The maximum absolute atomic E-state index is 15.2. The van der Waals surface area contributed by atoms with E-state index < -0.39 is 11.4 Å². The summed E-state index contributed by atoms with van der Waals surface area (Å²) in [4.78, 5) is 33.1. The van der Waals surface area contributed by atoms with Crippen molar-refractivity contribution in [3.8, 4) is 0 Å². The van der Waals surface area contributed by atoms with Gasteiger partial charge in [-0.2, -0.15) is 0 Å². The molecule has 0 aliphatic carbocycles. The molecule has 0 spiro atoms. The van der Waals surface area contributed by atoms with E-state index in [-0.39, 0.29) is 34.4 Å². The lowest BCUT2D eigenvalue weighted by Crippen LogP contribution is -2.57. The van der Waals surface area contributed by atoms with Crippen LogP contribution in [-0.2, 0) is 4.74 Å². The highest BCUT2D eigenvalue weighted by Gasteiger charge is 2.45. The van der Waals surface area contributed by atoms with E-state index in [0.717, 1.165) is 38.8 Å². The van der Waals surface area contributed by atoms with Crippen LogP contribution in [0, 0.1) is 5.82 Å². The number of hydrogen-bond acceptors (Lipinski definition) is 7. The second-order valence-electron chi connectivity index (χ2n) is 11.8. The van der Waals surface area contributed by atoms with E-state index in [1.807, 2.05) is 31.7 Å². The molecule has 10 heteroatoms. The predicted octanol–water partition coefficient (Wildman–Crippen LogP) is 5.05. The first-order valence-corrected chi connectivity index (χ1v) is 13.7. The van der Waals surface area contributed by atoms with Crippen LogP contribution in [0.4, 0.5) is 15.0 Å². The molecule has 2 aromatic rings. The maximum atomic E-state index is 15.2. The normalized spacial score (nSPS) is 25.4. The number of rotatable bonds is 3. The molecule has 6 rings (SSSR count). The number of fused-ring (bicyclic) bond motifs is 4. The quantitative estimate of drug-likeness (QED) is 0.516. The molecule has 2 aromatic heterocycles. The lowest BCUT2D eigenvalue weighted by Gasteiger charge is -2.42. The van der Waals surface area contributed by atoms with Crippen LogP contribution in [0.5, 0.6) is 0 Å². The van der Waals surface area contributed by atoms with Crippen molar-refractivity contribution in [3.63, 3.8) is 0 Å². The molecule has 0 saturated carbocycles. The van der Waals surface area contributed by atoms with Gasteiger partial charge in [0.25, 0.3) is 0 Å². The van der Waals surface area contributed by atoms with Gasteiger partial charge >= 0.3 is 6.09 Å².